The molecule has 4 nitrogen and oxygen atoms in total. The molecule has 0 N–H and O–H groups in total. The van der Waals surface area contributed by atoms with E-state index in [1.807, 2.05) is 30.3 Å². The predicted octanol–water partition coefficient (Wildman–Crippen LogP) is 11.8. The zero-order valence-electron chi connectivity index (χ0n) is 26.5. The van der Waals surface area contributed by atoms with Crippen molar-refractivity contribution in [3.05, 3.63) is 176 Å². The number of benzene rings is 7. The summed E-state index contributed by atoms with van der Waals surface area (Å²) in [5.74, 6) is 1.76. The van der Waals surface area contributed by atoms with Gasteiger partial charge >= 0.3 is 0 Å². The maximum atomic E-state index is 6.74. The molecule has 0 bridgehead atoms. The van der Waals surface area contributed by atoms with Crippen molar-refractivity contribution in [2.45, 2.75) is 0 Å². The van der Waals surface area contributed by atoms with E-state index in [1.165, 1.54) is 0 Å². The Morgan fingerprint density at radius 3 is 1.12 bits per heavy atom. The third kappa shape index (κ3) is 5.35. The molecule has 2 heterocycles. The topological polar surface area (TPSA) is 51.8 Å². The highest BCUT2D eigenvalue weighted by atomic mass is 16.3. The number of nitrogens with zero attached hydrogens (tertiary/aromatic N) is 3. The predicted molar refractivity (Wildman–Crippen MR) is 200 cm³/mol. The van der Waals surface area contributed by atoms with E-state index in [1.54, 1.807) is 0 Å². The Labute approximate surface area is 284 Å². The molecule has 0 saturated heterocycles. The van der Waals surface area contributed by atoms with Crippen molar-refractivity contribution in [2.24, 2.45) is 0 Å². The van der Waals surface area contributed by atoms with Crippen molar-refractivity contribution in [3.63, 3.8) is 0 Å². The molecule has 9 rings (SSSR count). The van der Waals surface area contributed by atoms with E-state index in [0.717, 1.165) is 72.0 Å². The second-order valence-electron chi connectivity index (χ2n) is 12.0. The normalized spacial score (nSPS) is 11.3. The SMILES string of the molecule is c1ccc(-c2ccc(-c3nc(-c4ccc(-c5ccccc5)cc4)nc(-c4cccc5c4oc4c(-c6ccccc6)cccc45)n3)cc2)cc1. The summed E-state index contributed by atoms with van der Waals surface area (Å²) in [6.45, 7) is 0. The molecular weight excluding hydrogens is 599 g/mol. The van der Waals surface area contributed by atoms with Crippen LogP contribution in [-0.2, 0) is 0 Å². The zero-order valence-corrected chi connectivity index (χ0v) is 26.5. The van der Waals surface area contributed by atoms with Crippen LogP contribution in [-0.4, -0.2) is 15.0 Å². The molecule has 2 aromatic heterocycles. The highest BCUT2D eigenvalue weighted by molar-refractivity contribution is 6.12. The summed E-state index contributed by atoms with van der Waals surface area (Å²) < 4.78 is 6.74. The minimum atomic E-state index is 0.560. The van der Waals surface area contributed by atoms with Crippen LogP contribution < -0.4 is 0 Å². The first-order valence-electron chi connectivity index (χ1n) is 16.4. The molecule has 0 atom stereocenters. The Bertz CT molecular complexity index is 2460. The fraction of sp³-hybridized carbons (Fsp3) is 0. The number of furan rings is 1. The van der Waals surface area contributed by atoms with E-state index >= 15 is 0 Å². The standard InChI is InChI=1S/C45H29N3O/c1-4-12-30(13-5-1)32-22-26-35(27-23-32)43-46-44(36-28-24-33(25-29-36)31-14-6-2-7-15-31)48-45(47-43)40-21-11-20-39-38-19-10-18-37(41(38)49-42(39)40)34-16-8-3-9-17-34/h1-29H. The average Bonchev–Trinajstić information content (AvgIpc) is 3.58. The fourth-order valence-electron chi connectivity index (χ4n) is 6.48. The Hall–Kier alpha value is -6.65. The van der Waals surface area contributed by atoms with Crippen LogP contribution in [0.4, 0.5) is 0 Å². The molecule has 0 amide bonds. The molecule has 0 saturated carbocycles. The van der Waals surface area contributed by atoms with Gasteiger partial charge in [-0.3, -0.25) is 0 Å². The van der Waals surface area contributed by atoms with Crippen molar-refractivity contribution < 1.29 is 4.42 Å². The summed E-state index contributed by atoms with van der Waals surface area (Å²) in [6, 6.07) is 60.4. The first-order chi connectivity index (χ1) is 24.3. The molecule has 9 aromatic rings. The zero-order chi connectivity index (χ0) is 32.6. The maximum Gasteiger partial charge on any atom is 0.167 e. The van der Waals surface area contributed by atoms with Crippen LogP contribution >= 0.6 is 0 Å². The molecule has 0 fully saturated rings. The largest absolute Gasteiger partial charge is 0.455 e. The lowest BCUT2D eigenvalue weighted by molar-refractivity contribution is 0.670. The first kappa shape index (κ1) is 28.6. The molecule has 4 heteroatoms. The lowest BCUT2D eigenvalue weighted by Crippen LogP contribution is -2.00. The number of hydrogen-bond donors (Lipinski definition) is 0. The molecule has 0 unspecified atom stereocenters. The van der Waals surface area contributed by atoms with E-state index in [9.17, 15) is 0 Å². The summed E-state index contributed by atoms with van der Waals surface area (Å²) in [5.41, 5.74) is 11.0. The Morgan fingerprint density at radius 2 is 0.633 bits per heavy atom. The van der Waals surface area contributed by atoms with Gasteiger partial charge in [0.1, 0.15) is 11.2 Å². The molecule has 0 aliphatic carbocycles. The van der Waals surface area contributed by atoms with Crippen LogP contribution in [0, 0.1) is 0 Å². The van der Waals surface area contributed by atoms with Gasteiger partial charge in [-0.2, -0.15) is 0 Å². The summed E-state index contributed by atoms with van der Waals surface area (Å²) in [6.07, 6.45) is 0. The average molecular weight is 628 g/mol. The lowest BCUT2D eigenvalue weighted by Gasteiger charge is -2.10. The van der Waals surface area contributed by atoms with E-state index in [2.05, 4.69) is 146 Å². The van der Waals surface area contributed by atoms with Crippen LogP contribution in [0.5, 0.6) is 0 Å². The second kappa shape index (κ2) is 12.2. The highest BCUT2D eigenvalue weighted by Gasteiger charge is 2.19. The number of aromatic nitrogens is 3. The molecular formula is C45H29N3O. The van der Waals surface area contributed by atoms with Gasteiger partial charge in [0.15, 0.2) is 17.5 Å². The number of fused-ring (bicyclic) bond motifs is 3. The van der Waals surface area contributed by atoms with Crippen LogP contribution in [0.2, 0.25) is 0 Å². The second-order valence-corrected chi connectivity index (χ2v) is 12.0. The van der Waals surface area contributed by atoms with E-state index in [-0.39, 0.29) is 0 Å². The van der Waals surface area contributed by atoms with Crippen molar-refractivity contribution in [3.8, 4) is 67.5 Å². The lowest BCUT2D eigenvalue weighted by atomic mass is 10.0. The molecule has 230 valence electrons. The third-order valence-electron chi connectivity index (χ3n) is 8.99. The summed E-state index contributed by atoms with van der Waals surface area (Å²) >= 11 is 0. The quantitative estimate of drug-likeness (QED) is 0.184. The minimum Gasteiger partial charge on any atom is -0.455 e. The van der Waals surface area contributed by atoms with Gasteiger partial charge in [0, 0.05) is 27.5 Å². The van der Waals surface area contributed by atoms with Gasteiger partial charge < -0.3 is 4.42 Å². The minimum absolute atomic E-state index is 0.560. The van der Waals surface area contributed by atoms with Gasteiger partial charge in [0.2, 0.25) is 0 Å². The molecule has 0 aliphatic heterocycles. The highest BCUT2D eigenvalue weighted by Crippen LogP contribution is 2.40. The Kier molecular flexibility index (Phi) is 7.10. The molecule has 7 aromatic carbocycles. The Balaban J connectivity index is 1.21. The van der Waals surface area contributed by atoms with Crippen molar-refractivity contribution >= 4 is 21.9 Å². The van der Waals surface area contributed by atoms with Crippen LogP contribution in [0.25, 0.3) is 89.5 Å². The van der Waals surface area contributed by atoms with Crippen molar-refractivity contribution in [1.82, 2.24) is 15.0 Å². The smallest absolute Gasteiger partial charge is 0.167 e. The van der Waals surface area contributed by atoms with Crippen LogP contribution in [0.1, 0.15) is 0 Å². The number of hydrogen-bond acceptors (Lipinski definition) is 4. The fourth-order valence-corrected chi connectivity index (χ4v) is 6.48. The van der Waals surface area contributed by atoms with E-state index in [4.69, 9.17) is 19.4 Å². The van der Waals surface area contributed by atoms with E-state index in [0.29, 0.717) is 17.5 Å². The van der Waals surface area contributed by atoms with Gasteiger partial charge in [-0.1, -0.05) is 170 Å². The van der Waals surface area contributed by atoms with Gasteiger partial charge in [-0.15, -0.1) is 0 Å². The first-order valence-corrected chi connectivity index (χ1v) is 16.4. The number of rotatable bonds is 6. The van der Waals surface area contributed by atoms with Gasteiger partial charge in [-0.25, -0.2) is 15.0 Å². The van der Waals surface area contributed by atoms with Gasteiger partial charge in [-0.05, 0) is 33.9 Å². The summed E-state index contributed by atoms with van der Waals surface area (Å²) in [4.78, 5) is 15.2. The van der Waals surface area contributed by atoms with Crippen LogP contribution in [0.15, 0.2) is 180 Å². The van der Waals surface area contributed by atoms with E-state index < -0.39 is 0 Å². The molecule has 0 spiro atoms. The van der Waals surface area contributed by atoms with Crippen LogP contribution in [0.3, 0.4) is 0 Å². The van der Waals surface area contributed by atoms with Crippen molar-refractivity contribution in [2.75, 3.05) is 0 Å². The molecule has 49 heavy (non-hydrogen) atoms. The van der Waals surface area contributed by atoms with Crippen molar-refractivity contribution in [1.29, 1.82) is 0 Å². The monoisotopic (exact) mass is 627 g/mol. The molecule has 0 aliphatic rings. The molecule has 0 radical (unpaired) electrons. The Morgan fingerprint density at radius 1 is 0.265 bits per heavy atom. The number of para-hydroxylation sites is 2. The summed E-state index contributed by atoms with van der Waals surface area (Å²) in [5, 5.41) is 2.08. The summed E-state index contributed by atoms with van der Waals surface area (Å²) in [7, 11) is 0. The third-order valence-corrected chi connectivity index (χ3v) is 8.99. The van der Waals surface area contributed by atoms with Gasteiger partial charge in [0.25, 0.3) is 0 Å². The van der Waals surface area contributed by atoms with Gasteiger partial charge in [0.05, 0.1) is 5.56 Å². The maximum absolute atomic E-state index is 6.74.